The van der Waals surface area contributed by atoms with Gasteiger partial charge in [0.2, 0.25) is 0 Å². The van der Waals surface area contributed by atoms with Crippen molar-refractivity contribution in [2.45, 2.75) is 75.2 Å². The fraction of sp³-hybridized carbons (Fsp3) is 1.00. The van der Waals surface area contributed by atoms with Gasteiger partial charge in [-0.2, -0.15) is 0 Å². The van der Waals surface area contributed by atoms with Gasteiger partial charge in [-0.1, -0.05) is 6.42 Å². The van der Waals surface area contributed by atoms with E-state index in [4.69, 9.17) is 0 Å². The van der Waals surface area contributed by atoms with Gasteiger partial charge in [-0.3, -0.25) is 4.90 Å². The molecule has 0 radical (unpaired) electrons. The monoisotopic (exact) mass is 250 g/mol. The van der Waals surface area contributed by atoms with Crippen LogP contribution in [0.15, 0.2) is 0 Å². The van der Waals surface area contributed by atoms with Gasteiger partial charge < -0.3 is 10.0 Å². The van der Waals surface area contributed by atoms with Crippen molar-refractivity contribution in [1.29, 1.82) is 0 Å². The highest BCUT2D eigenvalue weighted by Gasteiger charge is 2.49. The molecule has 0 aromatic carbocycles. The third-order valence-corrected chi connectivity index (χ3v) is 6.35. The molecule has 0 aromatic rings. The van der Waals surface area contributed by atoms with Gasteiger partial charge in [0.05, 0.1) is 6.10 Å². The molecule has 102 valence electrons. The van der Waals surface area contributed by atoms with Crippen molar-refractivity contribution in [2.24, 2.45) is 5.92 Å². The standard InChI is InChI=1S/C15H26N2O/c1-16-11-3-2-4-13(16)10(7-11)9-17-12-5-6-14(17)15(18)8-12/h10-15,18H,2-9H2,1H3. The molecular weight excluding hydrogens is 224 g/mol. The van der Waals surface area contributed by atoms with Crippen LogP contribution in [0.1, 0.15) is 44.9 Å². The van der Waals surface area contributed by atoms with Crippen LogP contribution in [0.3, 0.4) is 0 Å². The van der Waals surface area contributed by atoms with Crippen LogP contribution in [0.25, 0.3) is 0 Å². The molecule has 4 bridgehead atoms. The predicted molar refractivity (Wildman–Crippen MR) is 71.4 cm³/mol. The molecule has 6 unspecified atom stereocenters. The van der Waals surface area contributed by atoms with Crippen molar-refractivity contribution in [3.8, 4) is 0 Å². The number of hydrogen-bond donors (Lipinski definition) is 1. The minimum atomic E-state index is -0.0257. The average Bonchev–Trinajstić information content (AvgIpc) is 2.90. The molecule has 6 atom stereocenters. The van der Waals surface area contributed by atoms with Crippen LogP contribution < -0.4 is 0 Å². The predicted octanol–water partition coefficient (Wildman–Crippen LogP) is 1.46. The summed E-state index contributed by atoms with van der Waals surface area (Å²) in [5.41, 5.74) is 0. The van der Waals surface area contributed by atoms with E-state index in [0.29, 0.717) is 12.1 Å². The smallest absolute Gasteiger partial charge is 0.0710 e. The Bertz CT molecular complexity index is 334. The fourth-order valence-corrected chi connectivity index (χ4v) is 5.42. The molecule has 4 fully saturated rings. The summed E-state index contributed by atoms with van der Waals surface area (Å²) >= 11 is 0. The number of piperidine rings is 1. The lowest BCUT2D eigenvalue weighted by molar-refractivity contribution is 0.105. The number of fused-ring (bicyclic) bond motifs is 4. The zero-order chi connectivity index (χ0) is 12.3. The number of rotatable bonds is 2. The molecule has 4 rings (SSSR count). The zero-order valence-corrected chi connectivity index (χ0v) is 11.5. The molecule has 4 heterocycles. The minimum Gasteiger partial charge on any atom is -0.391 e. The lowest BCUT2D eigenvalue weighted by Gasteiger charge is -2.34. The normalized spacial score (nSPS) is 52.3. The van der Waals surface area contributed by atoms with E-state index in [2.05, 4.69) is 16.8 Å². The summed E-state index contributed by atoms with van der Waals surface area (Å²) in [6.45, 7) is 1.26. The topological polar surface area (TPSA) is 26.7 Å². The quantitative estimate of drug-likeness (QED) is 0.804. The summed E-state index contributed by atoms with van der Waals surface area (Å²) in [6, 6.07) is 2.90. The van der Waals surface area contributed by atoms with Gasteiger partial charge in [0.15, 0.2) is 0 Å². The molecule has 0 aliphatic carbocycles. The average molecular weight is 250 g/mol. The Labute approximate surface area is 110 Å². The summed E-state index contributed by atoms with van der Waals surface area (Å²) in [4.78, 5) is 5.33. The maximum Gasteiger partial charge on any atom is 0.0710 e. The zero-order valence-electron chi connectivity index (χ0n) is 11.5. The van der Waals surface area contributed by atoms with Crippen molar-refractivity contribution in [3.05, 3.63) is 0 Å². The highest BCUT2D eigenvalue weighted by atomic mass is 16.3. The van der Waals surface area contributed by atoms with E-state index < -0.39 is 0 Å². The lowest BCUT2D eigenvalue weighted by Crippen LogP contribution is -2.42. The number of nitrogens with zero attached hydrogens (tertiary/aromatic N) is 2. The van der Waals surface area contributed by atoms with E-state index in [1.54, 1.807) is 0 Å². The molecule has 0 aromatic heterocycles. The van der Waals surface area contributed by atoms with Crippen LogP contribution in [-0.4, -0.2) is 58.8 Å². The molecular formula is C15H26N2O. The number of aliphatic hydroxyl groups excluding tert-OH is 1. The van der Waals surface area contributed by atoms with Gasteiger partial charge in [0.1, 0.15) is 0 Å². The molecule has 3 nitrogen and oxygen atoms in total. The van der Waals surface area contributed by atoms with E-state index in [9.17, 15) is 5.11 Å². The summed E-state index contributed by atoms with van der Waals surface area (Å²) < 4.78 is 0. The summed E-state index contributed by atoms with van der Waals surface area (Å²) in [5, 5.41) is 10.1. The van der Waals surface area contributed by atoms with Gasteiger partial charge in [-0.25, -0.2) is 0 Å². The minimum absolute atomic E-state index is 0.0257. The molecule has 3 heteroatoms. The number of aliphatic hydroxyl groups is 1. The second kappa shape index (κ2) is 4.19. The maximum atomic E-state index is 10.1. The Morgan fingerprint density at radius 1 is 1.00 bits per heavy atom. The third-order valence-electron chi connectivity index (χ3n) is 6.35. The van der Waals surface area contributed by atoms with Crippen LogP contribution in [0.2, 0.25) is 0 Å². The van der Waals surface area contributed by atoms with Crippen LogP contribution in [0.4, 0.5) is 0 Å². The van der Waals surface area contributed by atoms with Crippen molar-refractivity contribution in [2.75, 3.05) is 13.6 Å². The molecule has 1 N–H and O–H groups in total. The first-order valence-corrected chi connectivity index (χ1v) is 7.90. The van der Waals surface area contributed by atoms with Crippen molar-refractivity contribution < 1.29 is 5.11 Å². The third kappa shape index (κ3) is 1.60. The van der Waals surface area contributed by atoms with Gasteiger partial charge >= 0.3 is 0 Å². The molecule has 18 heavy (non-hydrogen) atoms. The molecule has 0 amide bonds. The lowest BCUT2D eigenvalue weighted by atomic mass is 9.97. The van der Waals surface area contributed by atoms with E-state index in [1.807, 2.05) is 0 Å². The Morgan fingerprint density at radius 2 is 1.89 bits per heavy atom. The Hall–Kier alpha value is -0.120. The van der Waals surface area contributed by atoms with Crippen LogP contribution in [-0.2, 0) is 0 Å². The Balaban J connectivity index is 1.47. The first-order chi connectivity index (χ1) is 8.74. The van der Waals surface area contributed by atoms with E-state index in [1.165, 1.54) is 45.1 Å². The second-order valence-corrected chi connectivity index (χ2v) is 7.11. The van der Waals surface area contributed by atoms with Gasteiger partial charge in [0.25, 0.3) is 0 Å². The highest BCUT2D eigenvalue weighted by molar-refractivity contribution is 5.04. The summed E-state index contributed by atoms with van der Waals surface area (Å²) in [5.74, 6) is 0.871. The maximum absolute atomic E-state index is 10.1. The van der Waals surface area contributed by atoms with Crippen molar-refractivity contribution in [3.63, 3.8) is 0 Å². The molecule has 4 aliphatic heterocycles. The van der Waals surface area contributed by atoms with Gasteiger partial charge in [0, 0.05) is 30.7 Å². The highest BCUT2D eigenvalue weighted by Crippen LogP contribution is 2.43. The van der Waals surface area contributed by atoms with Gasteiger partial charge in [-0.05, 0) is 51.5 Å². The first kappa shape index (κ1) is 11.7. The van der Waals surface area contributed by atoms with E-state index >= 15 is 0 Å². The van der Waals surface area contributed by atoms with E-state index in [-0.39, 0.29) is 6.10 Å². The van der Waals surface area contributed by atoms with Crippen LogP contribution in [0, 0.1) is 5.92 Å². The van der Waals surface area contributed by atoms with Crippen molar-refractivity contribution >= 4 is 0 Å². The Kier molecular flexibility index (Phi) is 2.72. The molecule has 4 aliphatic rings. The largest absolute Gasteiger partial charge is 0.391 e. The van der Waals surface area contributed by atoms with Gasteiger partial charge in [-0.15, -0.1) is 0 Å². The van der Waals surface area contributed by atoms with E-state index in [0.717, 1.165) is 24.4 Å². The fourth-order valence-electron chi connectivity index (χ4n) is 5.42. The van der Waals surface area contributed by atoms with Crippen LogP contribution in [0.5, 0.6) is 0 Å². The summed E-state index contributed by atoms with van der Waals surface area (Å²) in [6.07, 6.45) is 9.26. The summed E-state index contributed by atoms with van der Waals surface area (Å²) in [7, 11) is 2.34. The molecule has 0 saturated carbocycles. The van der Waals surface area contributed by atoms with Crippen LogP contribution >= 0.6 is 0 Å². The Morgan fingerprint density at radius 3 is 2.56 bits per heavy atom. The molecule has 4 saturated heterocycles. The number of hydrogen-bond acceptors (Lipinski definition) is 3. The van der Waals surface area contributed by atoms with Crippen molar-refractivity contribution in [1.82, 2.24) is 9.80 Å². The second-order valence-electron chi connectivity index (χ2n) is 7.11. The first-order valence-electron chi connectivity index (χ1n) is 7.90. The molecule has 0 spiro atoms. The SMILES string of the molecule is CN1C2CCCC1C(CN1C3CCC1C(O)C3)C2.